The highest BCUT2D eigenvalue weighted by atomic mass is 16.2. The maximum atomic E-state index is 12.7. The second-order valence-corrected chi connectivity index (χ2v) is 4.79. The van der Waals surface area contributed by atoms with Gasteiger partial charge in [0.25, 0.3) is 5.91 Å². The molecule has 0 aliphatic rings. The Hall–Kier alpha value is -2.36. The summed E-state index contributed by atoms with van der Waals surface area (Å²) in [5.41, 5.74) is 9.48. The van der Waals surface area contributed by atoms with E-state index < -0.39 is 0 Å². The van der Waals surface area contributed by atoms with E-state index in [1.54, 1.807) is 17.2 Å². The average Bonchev–Trinajstić information content (AvgIpc) is 2.42. The van der Waals surface area contributed by atoms with Gasteiger partial charge in [0.15, 0.2) is 0 Å². The summed E-state index contributed by atoms with van der Waals surface area (Å²) in [7, 11) is 0. The molecular formula is C16H19N3O. The van der Waals surface area contributed by atoms with Gasteiger partial charge >= 0.3 is 0 Å². The van der Waals surface area contributed by atoms with Crippen molar-refractivity contribution < 1.29 is 4.79 Å². The minimum atomic E-state index is -0.0737. The summed E-state index contributed by atoms with van der Waals surface area (Å²) in [5, 5.41) is 0. The Labute approximate surface area is 119 Å². The first-order valence-corrected chi connectivity index (χ1v) is 6.63. The molecule has 0 fully saturated rings. The van der Waals surface area contributed by atoms with Crippen LogP contribution in [0.2, 0.25) is 0 Å². The number of nitrogen functional groups attached to an aromatic ring is 1. The molecule has 0 atom stereocenters. The van der Waals surface area contributed by atoms with E-state index in [-0.39, 0.29) is 5.91 Å². The van der Waals surface area contributed by atoms with Crippen LogP contribution in [0.1, 0.15) is 28.5 Å². The minimum absolute atomic E-state index is 0.0737. The molecule has 4 nitrogen and oxygen atoms in total. The van der Waals surface area contributed by atoms with Gasteiger partial charge in [0.2, 0.25) is 0 Å². The van der Waals surface area contributed by atoms with E-state index in [0.717, 1.165) is 11.3 Å². The van der Waals surface area contributed by atoms with Gasteiger partial charge in [0.05, 0.1) is 23.1 Å². The number of carbonyl (C=O) groups is 1. The van der Waals surface area contributed by atoms with Gasteiger partial charge in [-0.25, -0.2) is 0 Å². The summed E-state index contributed by atoms with van der Waals surface area (Å²) in [5.74, 6) is -0.0737. The third-order valence-corrected chi connectivity index (χ3v) is 3.21. The van der Waals surface area contributed by atoms with Gasteiger partial charge in [-0.2, -0.15) is 0 Å². The Morgan fingerprint density at radius 2 is 2.05 bits per heavy atom. The zero-order valence-electron chi connectivity index (χ0n) is 12.1. The Morgan fingerprint density at radius 1 is 1.30 bits per heavy atom. The second kappa shape index (κ2) is 5.74. The van der Waals surface area contributed by atoms with Gasteiger partial charge in [0, 0.05) is 12.2 Å². The fourth-order valence-corrected chi connectivity index (χ4v) is 2.15. The fraction of sp³-hybridized carbons (Fsp3) is 0.250. The number of aromatic nitrogens is 1. The molecule has 0 bridgehead atoms. The van der Waals surface area contributed by atoms with Crippen molar-refractivity contribution in [2.24, 2.45) is 0 Å². The van der Waals surface area contributed by atoms with Crippen LogP contribution < -0.4 is 10.6 Å². The summed E-state index contributed by atoms with van der Waals surface area (Å²) >= 11 is 0. The first kappa shape index (κ1) is 14.1. The molecule has 0 aliphatic carbocycles. The van der Waals surface area contributed by atoms with E-state index in [9.17, 15) is 4.79 Å². The number of pyridine rings is 1. The van der Waals surface area contributed by atoms with Crippen molar-refractivity contribution in [3.63, 3.8) is 0 Å². The third kappa shape index (κ3) is 2.79. The molecule has 20 heavy (non-hydrogen) atoms. The topological polar surface area (TPSA) is 59.2 Å². The Bertz CT molecular complexity index is 637. The molecule has 0 saturated carbocycles. The van der Waals surface area contributed by atoms with Gasteiger partial charge in [-0.3, -0.25) is 9.78 Å². The molecule has 1 amide bonds. The number of amides is 1. The number of anilines is 2. The summed E-state index contributed by atoms with van der Waals surface area (Å²) in [6.45, 7) is 6.37. The van der Waals surface area contributed by atoms with E-state index in [1.165, 1.54) is 0 Å². The molecule has 1 aromatic heterocycles. The average molecular weight is 269 g/mol. The largest absolute Gasteiger partial charge is 0.397 e. The molecule has 0 spiro atoms. The van der Waals surface area contributed by atoms with Crippen molar-refractivity contribution in [1.82, 2.24) is 4.98 Å². The molecular weight excluding hydrogens is 250 g/mol. The number of hydrogen-bond donors (Lipinski definition) is 1. The lowest BCUT2D eigenvalue weighted by atomic mass is 10.1. The highest BCUT2D eigenvalue weighted by Gasteiger charge is 2.18. The van der Waals surface area contributed by atoms with Crippen LogP contribution >= 0.6 is 0 Å². The first-order chi connectivity index (χ1) is 9.52. The molecule has 0 unspecified atom stereocenters. The molecule has 2 aromatic rings. The quantitative estimate of drug-likeness (QED) is 0.932. The van der Waals surface area contributed by atoms with Crippen molar-refractivity contribution in [2.45, 2.75) is 20.8 Å². The number of carbonyl (C=O) groups excluding carboxylic acids is 1. The van der Waals surface area contributed by atoms with Crippen molar-refractivity contribution in [1.29, 1.82) is 0 Å². The normalized spacial score (nSPS) is 10.3. The standard InChI is InChI=1S/C16H19N3O/c1-4-19(14-7-5-6-11(2)8-14)16(20)15-9-13(17)10-18-12(15)3/h5-10H,4,17H2,1-3H3. The monoisotopic (exact) mass is 269 g/mol. The van der Waals surface area contributed by atoms with Crippen LogP contribution in [-0.4, -0.2) is 17.4 Å². The van der Waals surface area contributed by atoms with Gasteiger partial charge in [-0.15, -0.1) is 0 Å². The SMILES string of the molecule is CCN(C(=O)c1cc(N)cnc1C)c1cccc(C)c1. The first-order valence-electron chi connectivity index (χ1n) is 6.63. The minimum Gasteiger partial charge on any atom is -0.397 e. The van der Waals surface area contributed by atoms with Crippen LogP contribution in [-0.2, 0) is 0 Å². The van der Waals surface area contributed by atoms with Crippen molar-refractivity contribution in [3.05, 3.63) is 53.3 Å². The number of aryl methyl sites for hydroxylation is 2. The Balaban J connectivity index is 2.41. The van der Waals surface area contributed by atoms with Crippen molar-refractivity contribution in [2.75, 3.05) is 17.2 Å². The molecule has 1 heterocycles. The number of benzene rings is 1. The van der Waals surface area contributed by atoms with E-state index in [4.69, 9.17) is 5.73 Å². The van der Waals surface area contributed by atoms with Crippen LogP contribution in [0.4, 0.5) is 11.4 Å². The summed E-state index contributed by atoms with van der Waals surface area (Å²) in [6.07, 6.45) is 1.56. The van der Waals surface area contributed by atoms with Crippen LogP contribution in [0.25, 0.3) is 0 Å². The molecule has 1 aromatic carbocycles. The predicted molar refractivity (Wildman–Crippen MR) is 81.9 cm³/mol. The zero-order chi connectivity index (χ0) is 14.7. The van der Waals surface area contributed by atoms with Crippen LogP contribution in [0.15, 0.2) is 36.5 Å². The smallest absolute Gasteiger partial charge is 0.260 e. The molecule has 0 radical (unpaired) electrons. The highest BCUT2D eigenvalue weighted by molar-refractivity contribution is 6.07. The zero-order valence-corrected chi connectivity index (χ0v) is 12.1. The van der Waals surface area contributed by atoms with Crippen LogP contribution in [0, 0.1) is 13.8 Å². The lowest BCUT2D eigenvalue weighted by Gasteiger charge is -2.22. The fourth-order valence-electron chi connectivity index (χ4n) is 2.15. The molecule has 2 N–H and O–H groups in total. The van der Waals surface area contributed by atoms with Crippen molar-refractivity contribution in [3.8, 4) is 0 Å². The summed E-state index contributed by atoms with van der Waals surface area (Å²) < 4.78 is 0. The molecule has 104 valence electrons. The Kier molecular flexibility index (Phi) is 4.03. The third-order valence-electron chi connectivity index (χ3n) is 3.21. The van der Waals surface area contributed by atoms with Crippen LogP contribution in [0.3, 0.4) is 0 Å². The van der Waals surface area contributed by atoms with Gasteiger partial charge in [0.1, 0.15) is 0 Å². The molecule has 0 saturated heterocycles. The number of hydrogen-bond acceptors (Lipinski definition) is 3. The number of rotatable bonds is 3. The van der Waals surface area contributed by atoms with Gasteiger partial charge in [-0.05, 0) is 44.5 Å². The highest BCUT2D eigenvalue weighted by Crippen LogP contribution is 2.20. The van der Waals surface area contributed by atoms with Gasteiger partial charge < -0.3 is 10.6 Å². The lowest BCUT2D eigenvalue weighted by Crippen LogP contribution is -2.31. The molecule has 2 rings (SSSR count). The van der Waals surface area contributed by atoms with Crippen molar-refractivity contribution >= 4 is 17.3 Å². The van der Waals surface area contributed by atoms with E-state index in [2.05, 4.69) is 4.98 Å². The maximum Gasteiger partial charge on any atom is 0.260 e. The summed E-state index contributed by atoms with van der Waals surface area (Å²) in [6, 6.07) is 9.57. The van der Waals surface area contributed by atoms with E-state index >= 15 is 0 Å². The Morgan fingerprint density at radius 3 is 2.70 bits per heavy atom. The number of nitrogens with two attached hydrogens (primary N) is 1. The number of nitrogens with zero attached hydrogens (tertiary/aromatic N) is 2. The van der Waals surface area contributed by atoms with E-state index in [0.29, 0.717) is 23.5 Å². The van der Waals surface area contributed by atoms with E-state index in [1.807, 2.05) is 45.0 Å². The molecule has 0 aliphatic heterocycles. The van der Waals surface area contributed by atoms with Crippen LogP contribution in [0.5, 0.6) is 0 Å². The molecule has 4 heteroatoms. The lowest BCUT2D eigenvalue weighted by molar-refractivity contribution is 0.0987. The maximum absolute atomic E-state index is 12.7. The van der Waals surface area contributed by atoms with Gasteiger partial charge in [-0.1, -0.05) is 12.1 Å². The summed E-state index contributed by atoms with van der Waals surface area (Å²) in [4.78, 5) is 18.6. The second-order valence-electron chi connectivity index (χ2n) is 4.79. The predicted octanol–water partition coefficient (Wildman–Crippen LogP) is 2.95.